The predicted molar refractivity (Wildman–Crippen MR) is 97.8 cm³/mol. The molecule has 0 saturated carbocycles. The quantitative estimate of drug-likeness (QED) is 0.743. The highest BCUT2D eigenvalue weighted by Gasteiger charge is 2.44. The molecule has 0 radical (unpaired) electrons. The lowest BCUT2D eigenvalue weighted by Gasteiger charge is -2.38. The summed E-state index contributed by atoms with van der Waals surface area (Å²) in [4.78, 5) is 29.1. The van der Waals surface area contributed by atoms with Gasteiger partial charge in [0.1, 0.15) is 5.75 Å². The van der Waals surface area contributed by atoms with E-state index in [1.165, 1.54) is 11.3 Å². The van der Waals surface area contributed by atoms with Crippen LogP contribution in [0.2, 0.25) is 0 Å². The van der Waals surface area contributed by atoms with Gasteiger partial charge in [-0.15, -0.1) is 0 Å². The molecule has 2 heterocycles. The van der Waals surface area contributed by atoms with Crippen LogP contribution >= 0.6 is 0 Å². The minimum atomic E-state index is -0.297. The number of imide groups is 1. The number of ether oxygens (including phenoxy) is 1. The number of carbonyl (C=O) groups is 2. The summed E-state index contributed by atoms with van der Waals surface area (Å²) in [6.07, 6.45) is 5.72. The van der Waals surface area contributed by atoms with Crippen LogP contribution in [-0.4, -0.2) is 41.9 Å². The molecule has 1 aromatic rings. The Balaban J connectivity index is 1.74. The molecule has 2 amide bonds. The van der Waals surface area contributed by atoms with Gasteiger partial charge in [0.15, 0.2) is 0 Å². The molecule has 2 saturated heterocycles. The van der Waals surface area contributed by atoms with Crippen LogP contribution in [0.1, 0.15) is 52.4 Å². The number of nitrogens with zero attached hydrogens (tertiary/aromatic N) is 2. The molecule has 136 valence electrons. The molecule has 2 aliphatic rings. The van der Waals surface area contributed by atoms with Gasteiger partial charge < -0.3 is 4.74 Å². The second-order valence-corrected chi connectivity index (χ2v) is 6.93. The van der Waals surface area contributed by atoms with Crippen molar-refractivity contribution < 1.29 is 14.3 Å². The van der Waals surface area contributed by atoms with Gasteiger partial charge in [0.05, 0.1) is 24.8 Å². The van der Waals surface area contributed by atoms with Gasteiger partial charge in [-0.05, 0) is 56.5 Å². The van der Waals surface area contributed by atoms with Crippen LogP contribution in [0, 0.1) is 0 Å². The summed E-state index contributed by atoms with van der Waals surface area (Å²) in [6.45, 7) is 5.80. The molecule has 0 aromatic heterocycles. The monoisotopic (exact) mass is 344 g/mol. The maximum atomic E-state index is 13.0. The van der Waals surface area contributed by atoms with E-state index in [1.54, 1.807) is 12.1 Å². The molecule has 0 N–H and O–H groups in total. The third kappa shape index (κ3) is 3.71. The zero-order chi connectivity index (χ0) is 17.8. The first-order chi connectivity index (χ1) is 12.2. The molecule has 2 atom stereocenters. The normalized spacial score (nSPS) is 24.8. The summed E-state index contributed by atoms with van der Waals surface area (Å²) >= 11 is 0. The molecular formula is C20H28N2O3. The van der Waals surface area contributed by atoms with Crippen molar-refractivity contribution in [2.24, 2.45) is 0 Å². The highest BCUT2D eigenvalue weighted by molar-refractivity contribution is 6.22. The van der Waals surface area contributed by atoms with E-state index < -0.39 is 0 Å². The number of amides is 2. The van der Waals surface area contributed by atoms with Crippen molar-refractivity contribution in [1.29, 1.82) is 0 Å². The van der Waals surface area contributed by atoms with Crippen LogP contribution in [-0.2, 0) is 9.59 Å². The van der Waals surface area contributed by atoms with Crippen LogP contribution in [0.4, 0.5) is 5.69 Å². The van der Waals surface area contributed by atoms with Crippen LogP contribution < -0.4 is 9.64 Å². The van der Waals surface area contributed by atoms with E-state index in [9.17, 15) is 9.59 Å². The highest BCUT2D eigenvalue weighted by Crippen LogP contribution is 2.31. The predicted octanol–water partition coefficient (Wildman–Crippen LogP) is 3.37. The number of hydrogen-bond acceptors (Lipinski definition) is 4. The summed E-state index contributed by atoms with van der Waals surface area (Å²) in [5, 5.41) is 0. The zero-order valence-corrected chi connectivity index (χ0v) is 15.2. The van der Waals surface area contributed by atoms with Crippen LogP contribution in [0.3, 0.4) is 0 Å². The largest absolute Gasteiger partial charge is 0.494 e. The lowest BCUT2D eigenvalue weighted by molar-refractivity contribution is -0.123. The van der Waals surface area contributed by atoms with Crippen molar-refractivity contribution in [2.45, 2.75) is 64.5 Å². The van der Waals surface area contributed by atoms with Crippen LogP contribution in [0.15, 0.2) is 24.3 Å². The maximum absolute atomic E-state index is 13.0. The van der Waals surface area contributed by atoms with Gasteiger partial charge in [0.2, 0.25) is 5.91 Å². The Morgan fingerprint density at radius 3 is 2.56 bits per heavy atom. The molecule has 2 aliphatic heterocycles. The SMILES string of the molecule is CCCOc1ccc(N2C(=O)C[C@@H](N3CCCC[C@H]3CC)C2=O)cc1. The van der Waals surface area contributed by atoms with E-state index >= 15 is 0 Å². The molecular weight excluding hydrogens is 316 g/mol. The molecule has 0 bridgehead atoms. The number of hydrogen-bond donors (Lipinski definition) is 0. The summed E-state index contributed by atoms with van der Waals surface area (Å²) in [6, 6.07) is 7.38. The lowest BCUT2D eigenvalue weighted by Crippen LogP contribution is -2.49. The second kappa shape index (κ2) is 8.00. The number of likely N-dealkylation sites (tertiary alicyclic amines) is 1. The van der Waals surface area contributed by atoms with Gasteiger partial charge in [-0.2, -0.15) is 0 Å². The highest BCUT2D eigenvalue weighted by atomic mass is 16.5. The zero-order valence-electron chi connectivity index (χ0n) is 15.2. The Hall–Kier alpha value is -1.88. The van der Waals surface area contributed by atoms with Crippen molar-refractivity contribution in [2.75, 3.05) is 18.1 Å². The van der Waals surface area contributed by atoms with Gasteiger partial charge in [0, 0.05) is 6.04 Å². The number of rotatable bonds is 6. The van der Waals surface area contributed by atoms with E-state index in [0.29, 0.717) is 24.8 Å². The smallest absolute Gasteiger partial charge is 0.251 e. The number of anilines is 1. The molecule has 5 nitrogen and oxygen atoms in total. The van der Waals surface area contributed by atoms with E-state index in [1.807, 2.05) is 12.1 Å². The molecule has 5 heteroatoms. The number of piperidine rings is 1. The first-order valence-electron chi connectivity index (χ1n) is 9.51. The van der Waals surface area contributed by atoms with E-state index in [-0.39, 0.29) is 17.9 Å². The minimum absolute atomic E-state index is 0.0763. The van der Waals surface area contributed by atoms with Crippen molar-refractivity contribution in [3.63, 3.8) is 0 Å². The van der Waals surface area contributed by atoms with E-state index in [0.717, 1.165) is 38.0 Å². The molecule has 0 spiro atoms. The van der Waals surface area contributed by atoms with Gasteiger partial charge in [-0.25, -0.2) is 4.90 Å². The summed E-state index contributed by atoms with van der Waals surface area (Å²) in [5.74, 6) is 0.591. The Kier molecular flexibility index (Phi) is 5.74. The molecule has 0 unspecified atom stereocenters. The van der Waals surface area contributed by atoms with Gasteiger partial charge in [0.25, 0.3) is 5.91 Å². The Labute approximate surface area is 149 Å². The summed E-state index contributed by atoms with van der Waals surface area (Å²) in [5.41, 5.74) is 0.645. The van der Waals surface area contributed by atoms with Crippen molar-refractivity contribution in [1.82, 2.24) is 4.90 Å². The van der Waals surface area contributed by atoms with Crippen molar-refractivity contribution in [3.05, 3.63) is 24.3 Å². The number of benzene rings is 1. The summed E-state index contributed by atoms with van der Waals surface area (Å²) < 4.78 is 5.57. The second-order valence-electron chi connectivity index (χ2n) is 6.93. The lowest BCUT2D eigenvalue weighted by atomic mass is 9.97. The molecule has 0 aliphatic carbocycles. The van der Waals surface area contributed by atoms with Crippen molar-refractivity contribution >= 4 is 17.5 Å². The van der Waals surface area contributed by atoms with Gasteiger partial charge in [-0.3, -0.25) is 14.5 Å². The minimum Gasteiger partial charge on any atom is -0.494 e. The molecule has 25 heavy (non-hydrogen) atoms. The topological polar surface area (TPSA) is 49.9 Å². The average molecular weight is 344 g/mol. The van der Waals surface area contributed by atoms with Crippen LogP contribution in [0.5, 0.6) is 5.75 Å². The Bertz CT molecular complexity index is 614. The average Bonchev–Trinajstić information content (AvgIpc) is 2.94. The molecule has 1 aromatic carbocycles. The third-order valence-corrected chi connectivity index (χ3v) is 5.23. The Morgan fingerprint density at radius 2 is 1.88 bits per heavy atom. The van der Waals surface area contributed by atoms with Gasteiger partial charge in [-0.1, -0.05) is 20.3 Å². The van der Waals surface area contributed by atoms with E-state index in [2.05, 4.69) is 18.7 Å². The first-order valence-corrected chi connectivity index (χ1v) is 9.51. The fraction of sp³-hybridized carbons (Fsp3) is 0.600. The number of carbonyl (C=O) groups excluding carboxylic acids is 2. The van der Waals surface area contributed by atoms with Gasteiger partial charge >= 0.3 is 0 Å². The molecule has 2 fully saturated rings. The summed E-state index contributed by atoms with van der Waals surface area (Å²) in [7, 11) is 0. The maximum Gasteiger partial charge on any atom is 0.251 e. The first kappa shape index (κ1) is 17.9. The van der Waals surface area contributed by atoms with Crippen molar-refractivity contribution in [3.8, 4) is 5.75 Å². The Morgan fingerprint density at radius 1 is 1.12 bits per heavy atom. The van der Waals surface area contributed by atoms with Crippen LogP contribution in [0.25, 0.3) is 0 Å². The van der Waals surface area contributed by atoms with E-state index in [4.69, 9.17) is 4.74 Å². The standard InChI is InChI=1S/C20H28N2O3/c1-3-13-25-17-10-8-16(9-11-17)22-19(23)14-18(20(22)24)21-12-6-5-7-15(21)4-2/h8-11,15,18H,3-7,12-14H2,1-2H3/t15-,18-/m1/s1. The fourth-order valence-corrected chi connectivity index (χ4v) is 3.93. The third-order valence-electron chi connectivity index (χ3n) is 5.23. The fourth-order valence-electron chi connectivity index (χ4n) is 3.93. The molecule has 3 rings (SSSR count).